The van der Waals surface area contributed by atoms with E-state index in [-0.39, 0.29) is 0 Å². The van der Waals surface area contributed by atoms with Gasteiger partial charge in [0.15, 0.2) is 18.9 Å². The molecule has 0 aliphatic carbocycles. The molecule has 4 aliphatic rings. The van der Waals surface area contributed by atoms with E-state index >= 15 is 0 Å². The van der Waals surface area contributed by atoms with Crippen LogP contribution in [0.15, 0.2) is 0 Å². The van der Waals surface area contributed by atoms with Gasteiger partial charge in [0.05, 0.1) is 26.4 Å². The van der Waals surface area contributed by atoms with Gasteiger partial charge in [-0.05, 0) is 0 Å². The van der Waals surface area contributed by atoms with Crippen molar-refractivity contribution in [3.05, 3.63) is 0 Å². The molecule has 4 fully saturated rings. The molecule has 0 amide bonds. The number of aliphatic hydroxyl groups is 14. The third-order valence-corrected chi connectivity index (χ3v) is 8.26. The van der Waals surface area contributed by atoms with Crippen LogP contribution in [0.5, 0.6) is 0 Å². The second kappa shape index (κ2) is 15.1. The van der Waals surface area contributed by atoms with Crippen LogP contribution in [0.25, 0.3) is 0 Å². The molecule has 0 aromatic rings. The smallest absolute Gasteiger partial charge is 0.224 e. The van der Waals surface area contributed by atoms with Gasteiger partial charge in [0, 0.05) is 0 Å². The normalized spacial score (nSPS) is 52.7. The fraction of sp³-hybridized carbons (Fsp3) is 1.00. The fourth-order valence-electron chi connectivity index (χ4n) is 5.39. The zero-order valence-corrected chi connectivity index (χ0v) is 23.5. The zero-order chi connectivity index (χ0) is 33.4. The van der Waals surface area contributed by atoms with Crippen LogP contribution in [0, 0.1) is 0 Å². The van der Waals surface area contributed by atoms with Gasteiger partial charge < -0.3 is 105 Å². The molecule has 19 atom stereocenters. The minimum Gasteiger partial charge on any atom is -0.394 e. The van der Waals surface area contributed by atoms with Crippen molar-refractivity contribution in [2.45, 2.75) is 116 Å². The molecular formula is C24H42O21. The average Bonchev–Trinajstić information content (AvgIpc) is 3.28. The summed E-state index contributed by atoms with van der Waals surface area (Å²) in [5, 5.41) is 141. The van der Waals surface area contributed by atoms with Crippen LogP contribution in [0.2, 0.25) is 0 Å². The summed E-state index contributed by atoms with van der Waals surface area (Å²) < 4.78 is 37.6. The van der Waals surface area contributed by atoms with Gasteiger partial charge >= 0.3 is 0 Å². The van der Waals surface area contributed by atoms with Crippen molar-refractivity contribution in [2.24, 2.45) is 0 Å². The predicted octanol–water partition coefficient (Wildman–Crippen LogP) is -9.75. The van der Waals surface area contributed by atoms with Crippen LogP contribution in [0.3, 0.4) is 0 Å². The highest BCUT2D eigenvalue weighted by Crippen LogP contribution is 2.36. The summed E-state index contributed by atoms with van der Waals surface area (Å²) in [6.45, 7) is -4.02. The highest BCUT2D eigenvalue weighted by atomic mass is 16.8. The van der Waals surface area contributed by atoms with Crippen LogP contribution in [-0.2, 0) is 33.2 Å². The Kier molecular flexibility index (Phi) is 12.5. The lowest BCUT2D eigenvalue weighted by Crippen LogP contribution is -2.64. The number of ether oxygens (including phenoxy) is 7. The number of hydrogen-bond donors (Lipinski definition) is 14. The maximum atomic E-state index is 10.5. The van der Waals surface area contributed by atoms with Crippen LogP contribution in [0.4, 0.5) is 0 Å². The molecule has 21 heteroatoms. The first-order chi connectivity index (χ1) is 21.2. The van der Waals surface area contributed by atoms with Crippen molar-refractivity contribution in [3.8, 4) is 0 Å². The average molecular weight is 667 g/mol. The van der Waals surface area contributed by atoms with Crippen LogP contribution < -0.4 is 0 Å². The highest BCUT2D eigenvalue weighted by molar-refractivity contribution is 4.99. The minimum absolute atomic E-state index is 0.650. The molecule has 0 saturated carbocycles. The van der Waals surface area contributed by atoms with E-state index in [1.807, 2.05) is 0 Å². The second-order valence-corrected chi connectivity index (χ2v) is 11.3. The number of aliphatic hydroxyl groups excluding tert-OH is 14. The Labute approximate surface area is 254 Å². The molecule has 4 rings (SSSR count). The molecule has 264 valence electrons. The van der Waals surface area contributed by atoms with Crippen LogP contribution in [-0.4, -0.2) is 221 Å². The summed E-state index contributed by atoms with van der Waals surface area (Å²) in [4.78, 5) is 0. The molecule has 4 aliphatic heterocycles. The van der Waals surface area contributed by atoms with E-state index in [1.54, 1.807) is 0 Å². The van der Waals surface area contributed by atoms with E-state index in [0.29, 0.717) is 0 Å². The molecule has 21 nitrogen and oxygen atoms in total. The highest BCUT2D eigenvalue weighted by Gasteiger charge is 2.58. The quantitative estimate of drug-likeness (QED) is 0.0973. The molecule has 0 radical (unpaired) electrons. The molecule has 14 N–H and O–H groups in total. The SMILES string of the molecule is OC[C@@H]1O[C@H](OC[C@@H]2O[C@H](OC[C@@H]3O[C@H](O[C@]4(CO)O[C@H](CO)[C@@H](O)[C@@H]4O)[C@@H](O)[C@H](O)[C@@H]3O)[C@@H](O)[C@H](O)[C@@H]2O)[C@@H](O)[C@H](O)[C@H]1O. The summed E-state index contributed by atoms with van der Waals surface area (Å²) in [5.74, 6) is -2.43. The molecular weight excluding hydrogens is 624 g/mol. The Balaban J connectivity index is 1.39. The molecule has 0 unspecified atom stereocenters. The summed E-state index contributed by atoms with van der Waals surface area (Å²) >= 11 is 0. The molecule has 0 aromatic carbocycles. The van der Waals surface area contributed by atoms with Gasteiger partial charge in [0.1, 0.15) is 98.2 Å². The van der Waals surface area contributed by atoms with Crippen molar-refractivity contribution in [2.75, 3.05) is 33.0 Å². The van der Waals surface area contributed by atoms with Gasteiger partial charge in [-0.2, -0.15) is 0 Å². The van der Waals surface area contributed by atoms with Gasteiger partial charge in [-0.1, -0.05) is 0 Å². The summed E-state index contributed by atoms with van der Waals surface area (Å²) in [5.41, 5.74) is 0. The monoisotopic (exact) mass is 666 g/mol. The Morgan fingerprint density at radius 1 is 0.444 bits per heavy atom. The van der Waals surface area contributed by atoms with Gasteiger partial charge in [-0.25, -0.2) is 0 Å². The number of hydrogen-bond acceptors (Lipinski definition) is 21. The van der Waals surface area contributed by atoms with E-state index in [2.05, 4.69) is 0 Å². The molecule has 4 heterocycles. The third-order valence-electron chi connectivity index (χ3n) is 8.26. The first kappa shape index (κ1) is 37.0. The van der Waals surface area contributed by atoms with Gasteiger partial charge in [-0.3, -0.25) is 0 Å². The lowest BCUT2D eigenvalue weighted by atomic mass is 9.98. The van der Waals surface area contributed by atoms with Crippen molar-refractivity contribution in [1.82, 2.24) is 0 Å². The van der Waals surface area contributed by atoms with Crippen LogP contribution in [0.1, 0.15) is 0 Å². The second-order valence-electron chi connectivity index (χ2n) is 11.3. The topological polar surface area (TPSA) is 348 Å². The van der Waals surface area contributed by atoms with E-state index < -0.39 is 149 Å². The van der Waals surface area contributed by atoms with Crippen molar-refractivity contribution in [1.29, 1.82) is 0 Å². The maximum Gasteiger partial charge on any atom is 0.224 e. The molecule has 4 saturated heterocycles. The summed E-state index contributed by atoms with van der Waals surface area (Å²) in [6.07, 6.45) is -31.4. The van der Waals surface area contributed by atoms with E-state index in [0.717, 1.165) is 0 Å². The third kappa shape index (κ3) is 7.29. The summed E-state index contributed by atoms with van der Waals surface area (Å²) in [6, 6.07) is 0. The Hall–Kier alpha value is -0.840. The van der Waals surface area contributed by atoms with Crippen molar-refractivity contribution in [3.63, 3.8) is 0 Å². The lowest BCUT2D eigenvalue weighted by molar-refractivity contribution is -0.388. The van der Waals surface area contributed by atoms with Gasteiger partial charge in [-0.15, -0.1) is 0 Å². The summed E-state index contributed by atoms with van der Waals surface area (Å²) in [7, 11) is 0. The lowest BCUT2D eigenvalue weighted by Gasteiger charge is -2.45. The largest absolute Gasteiger partial charge is 0.394 e. The standard InChI is InChI=1S/C24H42O21/c25-1-6-10(28)14(32)17(35)21(41-6)39-3-8-11(29)15(33)18(36)22(42-8)40-4-9-12(30)16(34)19(37)23(43-9)45-24(5-27)20(38)13(31)7(2-26)44-24/h6-23,25-38H,1-5H2/t6-,7+,8-,9-,10-,11+,12+,13+,14+,15+,16+,17-,18-,19-,20-,21-,22-,23+,24-/m0/s1. The Morgan fingerprint density at radius 3 is 1.27 bits per heavy atom. The zero-order valence-electron chi connectivity index (χ0n) is 23.5. The minimum atomic E-state index is -2.43. The van der Waals surface area contributed by atoms with Crippen molar-refractivity contribution >= 4 is 0 Å². The van der Waals surface area contributed by atoms with Crippen LogP contribution >= 0.6 is 0 Å². The van der Waals surface area contributed by atoms with E-state index in [9.17, 15) is 71.5 Å². The molecule has 0 bridgehead atoms. The van der Waals surface area contributed by atoms with E-state index in [4.69, 9.17) is 33.2 Å². The Morgan fingerprint density at radius 2 is 0.844 bits per heavy atom. The van der Waals surface area contributed by atoms with Gasteiger partial charge in [0.2, 0.25) is 5.79 Å². The molecule has 0 aromatic heterocycles. The first-order valence-electron chi connectivity index (χ1n) is 14.1. The van der Waals surface area contributed by atoms with E-state index in [1.165, 1.54) is 0 Å². The predicted molar refractivity (Wildman–Crippen MR) is 134 cm³/mol. The van der Waals surface area contributed by atoms with Crippen molar-refractivity contribution < 1.29 is 105 Å². The molecule has 45 heavy (non-hydrogen) atoms. The van der Waals surface area contributed by atoms with Gasteiger partial charge in [0.25, 0.3) is 0 Å². The number of rotatable bonds is 11. The maximum absolute atomic E-state index is 10.5. The Bertz CT molecular complexity index is 931. The molecule has 0 spiro atoms. The first-order valence-corrected chi connectivity index (χ1v) is 14.1. The fourth-order valence-corrected chi connectivity index (χ4v) is 5.39.